The maximum Gasteiger partial charge on any atom is 0.326 e. The third-order valence-corrected chi connectivity index (χ3v) is 6.92. The number of carbonyl (C=O) groups excluding carboxylic acids is 2. The normalized spacial score (nSPS) is 12.2. The summed E-state index contributed by atoms with van der Waals surface area (Å²) in [6.45, 7) is 1.90. The number of carbonyl (C=O) groups is 2. The van der Waals surface area contributed by atoms with Gasteiger partial charge in [0.2, 0.25) is 5.91 Å². The predicted molar refractivity (Wildman–Crippen MR) is 116 cm³/mol. The molecule has 3 rings (SSSR count). The number of esters is 1. The summed E-state index contributed by atoms with van der Waals surface area (Å²) in [5.41, 5.74) is 1.44. The Labute approximate surface area is 178 Å². The van der Waals surface area contributed by atoms with Crippen molar-refractivity contribution >= 4 is 43.3 Å². The summed E-state index contributed by atoms with van der Waals surface area (Å²) in [6.07, 6.45) is -0.219. The molecule has 0 radical (unpaired) electrons. The van der Waals surface area contributed by atoms with E-state index in [1.165, 1.54) is 11.3 Å². The van der Waals surface area contributed by atoms with Crippen LogP contribution in [-0.4, -0.2) is 37.2 Å². The van der Waals surface area contributed by atoms with E-state index < -0.39 is 21.7 Å². The molecule has 0 aliphatic carbocycles. The molecule has 30 heavy (non-hydrogen) atoms. The Bertz CT molecular complexity index is 1210. The molecular weight excluding hydrogens is 424 g/mol. The van der Waals surface area contributed by atoms with Crippen molar-refractivity contribution in [1.29, 1.82) is 0 Å². The lowest BCUT2D eigenvalue weighted by Gasteiger charge is -2.05. The number of hydrogen-bond acceptors (Lipinski definition) is 6. The summed E-state index contributed by atoms with van der Waals surface area (Å²) in [4.78, 5) is 28.8. The Kier molecular flexibility index (Phi) is 7.17. The third-order valence-electron chi connectivity index (χ3n) is 4.26. The fourth-order valence-corrected chi connectivity index (χ4v) is 5.28. The number of para-hydroxylation sites is 1. The number of nitrogens with zero attached hydrogens (tertiary/aromatic N) is 2. The fourth-order valence-electron chi connectivity index (χ4n) is 2.90. The highest BCUT2D eigenvalue weighted by Gasteiger charge is 2.16. The molecule has 0 atom stereocenters. The minimum Gasteiger partial charge on any atom is -0.465 e. The molecule has 0 spiro atoms. The molecule has 0 bridgehead atoms. The lowest BCUT2D eigenvalue weighted by molar-refractivity contribution is -0.143. The number of hydrogen-bond donors (Lipinski definition) is 0. The van der Waals surface area contributed by atoms with Crippen molar-refractivity contribution in [1.82, 2.24) is 4.57 Å². The van der Waals surface area contributed by atoms with Gasteiger partial charge in [0.15, 0.2) is 14.6 Å². The van der Waals surface area contributed by atoms with Crippen LogP contribution in [0.2, 0.25) is 0 Å². The molecule has 1 amide bonds. The number of amides is 1. The van der Waals surface area contributed by atoms with Crippen LogP contribution in [0, 0.1) is 0 Å². The summed E-state index contributed by atoms with van der Waals surface area (Å²) < 4.78 is 32.1. The highest BCUT2D eigenvalue weighted by Crippen LogP contribution is 2.17. The van der Waals surface area contributed by atoms with Gasteiger partial charge in [-0.05, 0) is 24.6 Å². The Morgan fingerprint density at radius 3 is 2.50 bits per heavy atom. The average Bonchev–Trinajstić information content (AvgIpc) is 3.04. The van der Waals surface area contributed by atoms with Crippen LogP contribution in [0.25, 0.3) is 10.2 Å². The molecule has 2 aromatic carbocycles. The largest absolute Gasteiger partial charge is 0.465 e. The maximum absolute atomic E-state index is 12.4. The van der Waals surface area contributed by atoms with Gasteiger partial charge in [0, 0.05) is 6.42 Å². The molecular formula is C21H22N2O5S2. The smallest absolute Gasteiger partial charge is 0.326 e. The van der Waals surface area contributed by atoms with E-state index in [0.29, 0.717) is 10.4 Å². The fraction of sp³-hybridized carbons (Fsp3) is 0.286. The number of fused-ring (bicyclic) bond motifs is 1. The highest BCUT2D eigenvalue weighted by atomic mass is 32.2. The van der Waals surface area contributed by atoms with E-state index in [-0.39, 0.29) is 31.1 Å². The number of aromatic nitrogens is 1. The third kappa shape index (κ3) is 5.87. The van der Waals surface area contributed by atoms with Gasteiger partial charge in [0.25, 0.3) is 0 Å². The van der Waals surface area contributed by atoms with Crippen LogP contribution in [0.3, 0.4) is 0 Å². The first-order valence-electron chi connectivity index (χ1n) is 9.44. The van der Waals surface area contributed by atoms with Gasteiger partial charge >= 0.3 is 5.97 Å². The second-order valence-electron chi connectivity index (χ2n) is 6.58. The van der Waals surface area contributed by atoms with Gasteiger partial charge in [-0.3, -0.25) is 9.59 Å². The molecule has 0 saturated heterocycles. The standard InChI is InChI=1S/C21H22N2O5S2/c1-2-28-20(25)14-23-17-10-6-7-11-18(17)29-21(23)22-19(24)12-13-30(26,27)15-16-8-4-3-5-9-16/h3-11H,2,12-15H2,1H3. The van der Waals surface area contributed by atoms with Crippen molar-refractivity contribution in [2.75, 3.05) is 12.4 Å². The average molecular weight is 447 g/mol. The van der Waals surface area contributed by atoms with E-state index in [1.54, 1.807) is 35.8 Å². The lowest BCUT2D eigenvalue weighted by Crippen LogP contribution is -2.23. The van der Waals surface area contributed by atoms with Crippen molar-refractivity contribution in [3.63, 3.8) is 0 Å². The molecule has 9 heteroatoms. The van der Waals surface area contributed by atoms with E-state index in [1.807, 2.05) is 30.3 Å². The zero-order chi connectivity index (χ0) is 21.6. The predicted octanol–water partition coefficient (Wildman–Crippen LogP) is 2.70. The Morgan fingerprint density at radius 1 is 1.07 bits per heavy atom. The molecule has 3 aromatic rings. The summed E-state index contributed by atoms with van der Waals surface area (Å²) in [6, 6.07) is 16.2. The van der Waals surface area contributed by atoms with Crippen LogP contribution in [0.15, 0.2) is 59.6 Å². The van der Waals surface area contributed by atoms with E-state index in [9.17, 15) is 18.0 Å². The molecule has 0 fully saturated rings. The van der Waals surface area contributed by atoms with Crippen LogP contribution in [0.4, 0.5) is 0 Å². The molecule has 0 saturated carbocycles. The molecule has 158 valence electrons. The second-order valence-corrected chi connectivity index (χ2v) is 9.77. The number of rotatable bonds is 8. The van der Waals surface area contributed by atoms with Gasteiger partial charge in [-0.25, -0.2) is 8.42 Å². The summed E-state index contributed by atoms with van der Waals surface area (Å²) in [5, 5.41) is 0. The van der Waals surface area contributed by atoms with Gasteiger partial charge in [-0.1, -0.05) is 53.8 Å². The number of benzene rings is 2. The molecule has 0 aliphatic rings. The van der Waals surface area contributed by atoms with Gasteiger partial charge < -0.3 is 9.30 Å². The van der Waals surface area contributed by atoms with Gasteiger partial charge in [0.05, 0.1) is 28.3 Å². The minimum absolute atomic E-state index is 0.0731. The number of ether oxygens (including phenoxy) is 1. The van der Waals surface area contributed by atoms with E-state index in [4.69, 9.17) is 4.74 Å². The summed E-state index contributed by atoms with van der Waals surface area (Å²) >= 11 is 1.27. The van der Waals surface area contributed by atoms with Crippen LogP contribution in [-0.2, 0) is 36.5 Å². The molecule has 0 unspecified atom stereocenters. The Balaban J connectivity index is 1.78. The maximum atomic E-state index is 12.4. The first-order chi connectivity index (χ1) is 14.4. The summed E-state index contributed by atoms with van der Waals surface area (Å²) in [5.74, 6) is -1.38. The van der Waals surface area contributed by atoms with E-state index >= 15 is 0 Å². The van der Waals surface area contributed by atoms with Gasteiger partial charge in [-0.2, -0.15) is 4.99 Å². The zero-order valence-electron chi connectivity index (χ0n) is 16.5. The lowest BCUT2D eigenvalue weighted by atomic mass is 10.2. The van der Waals surface area contributed by atoms with Gasteiger partial charge in [0.1, 0.15) is 6.54 Å². The minimum atomic E-state index is -3.44. The first kappa shape index (κ1) is 21.9. The van der Waals surface area contributed by atoms with Crippen molar-refractivity contribution < 1.29 is 22.7 Å². The van der Waals surface area contributed by atoms with Crippen LogP contribution in [0.1, 0.15) is 18.9 Å². The Hall–Kier alpha value is -2.78. The topological polar surface area (TPSA) is 94.8 Å². The molecule has 0 aliphatic heterocycles. The second kappa shape index (κ2) is 9.82. The number of thiazole rings is 1. The van der Waals surface area contributed by atoms with Crippen molar-refractivity contribution in [2.45, 2.75) is 25.6 Å². The van der Waals surface area contributed by atoms with Crippen molar-refractivity contribution in [3.05, 3.63) is 65.0 Å². The van der Waals surface area contributed by atoms with Crippen molar-refractivity contribution in [2.24, 2.45) is 4.99 Å². The highest BCUT2D eigenvalue weighted by molar-refractivity contribution is 7.90. The zero-order valence-corrected chi connectivity index (χ0v) is 18.1. The SMILES string of the molecule is CCOC(=O)Cn1c(=NC(=O)CCS(=O)(=O)Cc2ccccc2)sc2ccccc21. The molecule has 1 heterocycles. The monoisotopic (exact) mass is 446 g/mol. The Morgan fingerprint density at radius 2 is 1.77 bits per heavy atom. The van der Waals surface area contributed by atoms with Crippen molar-refractivity contribution in [3.8, 4) is 0 Å². The molecule has 1 aromatic heterocycles. The van der Waals surface area contributed by atoms with E-state index in [0.717, 1.165) is 10.2 Å². The quantitative estimate of drug-likeness (QED) is 0.496. The van der Waals surface area contributed by atoms with Crippen LogP contribution < -0.4 is 4.80 Å². The van der Waals surface area contributed by atoms with Gasteiger partial charge in [-0.15, -0.1) is 0 Å². The first-order valence-corrected chi connectivity index (χ1v) is 12.1. The van der Waals surface area contributed by atoms with Crippen LogP contribution >= 0.6 is 11.3 Å². The van der Waals surface area contributed by atoms with Crippen LogP contribution in [0.5, 0.6) is 0 Å². The number of sulfone groups is 1. The van der Waals surface area contributed by atoms with E-state index in [2.05, 4.69) is 4.99 Å². The molecule has 7 nitrogen and oxygen atoms in total. The summed E-state index contributed by atoms with van der Waals surface area (Å²) in [7, 11) is -3.44. The molecule has 0 N–H and O–H groups in total.